The number of amides is 1. The second-order valence-corrected chi connectivity index (χ2v) is 12.4. The number of aromatic nitrogens is 3. The van der Waals surface area contributed by atoms with Crippen LogP contribution >= 0.6 is 34.9 Å². The summed E-state index contributed by atoms with van der Waals surface area (Å²) in [5, 5.41) is 8.79. The molecule has 5 heterocycles. The first-order valence-electron chi connectivity index (χ1n) is 12.1. The highest BCUT2D eigenvalue weighted by Crippen LogP contribution is 2.39. The molecule has 10 heteroatoms. The van der Waals surface area contributed by atoms with Gasteiger partial charge in [-0.3, -0.25) is 24.4 Å². The van der Waals surface area contributed by atoms with Crippen LogP contribution in [0.2, 0.25) is 0 Å². The molecule has 3 aromatic heterocycles. The van der Waals surface area contributed by atoms with Gasteiger partial charge in [0.25, 0.3) is 0 Å². The lowest BCUT2D eigenvalue weighted by molar-refractivity contribution is -0.115. The van der Waals surface area contributed by atoms with Crippen molar-refractivity contribution in [3.05, 3.63) is 71.6 Å². The van der Waals surface area contributed by atoms with E-state index in [4.69, 9.17) is 4.98 Å². The number of hydrogen-bond donors (Lipinski definition) is 2. The van der Waals surface area contributed by atoms with Crippen molar-refractivity contribution in [2.24, 2.45) is 0 Å². The van der Waals surface area contributed by atoms with E-state index in [1.807, 2.05) is 54.4 Å². The molecule has 2 fully saturated rings. The van der Waals surface area contributed by atoms with Gasteiger partial charge in [0, 0.05) is 72.4 Å². The fourth-order valence-corrected chi connectivity index (χ4v) is 7.93. The standard InChI is InChI=1S/C26H28N6OS3/c1-17-23(36-25(28-17)18-5-4-8-27-13-18)24(33)29-21-7-3-2-6-20(21)22-15-32-19(16-35-26(32)30-22)14-31-9-11-34-12-10-31/h2-8,13,15-17,23,25,28H,9-12,14H2,1H3,(H,29,33). The van der Waals surface area contributed by atoms with Crippen molar-refractivity contribution in [1.82, 2.24) is 24.6 Å². The maximum atomic E-state index is 13.4. The largest absolute Gasteiger partial charge is 0.324 e. The molecule has 3 atom stereocenters. The Morgan fingerprint density at radius 1 is 1.19 bits per heavy atom. The zero-order valence-electron chi connectivity index (χ0n) is 20.0. The van der Waals surface area contributed by atoms with E-state index in [0.29, 0.717) is 0 Å². The number of rotatable bonds is 6. The van der Waals surface area contributed by atoms with Crippen LogP contribution in [0.5, 0.6) is 0 Å². The molecule has 2 N–H and O–H groups in total. The van der Waals surface area contributed by atoms with E-state index in [1.165, 1.54) is 17.2 Å². The Labute approximate surface area is 223 Å². The normalized spacial score (nSPS) is 22.8. The molecule has 0 radical (unpaired) electrons. The highest BCUT2D eigenvalue weighted by Gasteiger charge is 2.37. The zero-order valence-corrected chi connectivity index (χ0v) is 22.4. The van der Waals surface area contributed by atoms with Crippen molar-refractivity contribution in [3.63, 3.8) is 0 Å². The van der Waals surface area contributed by atoms with E-state index in [0.717, 1.165) is 47.1 Å². The van der Waals surface area contributed by atoms with Gasteiger partial charge in [0.05, 0.1) is 16.8 Å². The monoisotopic (exact) mass is 536 g/mol. The van der Waals surface area contributed by atoms with Crippen molar-refractivity contribution in [3.8, 4) is 11.3 Å². The van der Waals surface area contributed by atoms with Gasteiger partial charge in [-0.2, -0.15) is 11.8 Å². The number of thioether (sulfide) groups is 2. The molecule has 0 spiro atoms. The number of para-hydroxylation sites is 1. The Morgan fingerprint density at radius 2 is 2.06 bits per heavy atom. The van der Waals surface area contributed by atoms with E-state index in [1.54, 1.807) is 29.3 Å². The maximum absolute atomic E-state index is 13.4. The average Bonchev–Trinajstić information content (AvgIpc) is 3.61. The third-order valence-electron chi connectivity index (χ3n) is 6.63. The van der Waals surface area contributed by atoms with E-state index >= 15 is 0 Å². The number of pyridine rings is 1. The van der Waals surface area contributed by atoms with Gasteiger partial charge < -0.3 is 5.32 Å². The van der Waals surface area contributed by atoms with Crippen LogP contribution < -0.4 is 10.6 Å². The second-order valence-electron chi connectivity index (χ2n) is 9.11. The number of carbonyl (C=O) groups excluding carboxylic acids is 1. The number of nitrogens with one attached hydrogen (secondary N) is 2. The molecule has 6 rings (SSSR count). The third-order valence-corrected chi connectivity index (χ3v) is 10.1. The summed E-state index contributed by atoms with van der Waals surface area (Å²) in [5.74, 6) is 2.40. The van der Waals surface area contributed by atoms with E-state index in [-0.39, 0.29) is 22.6 Å². The van der Waals surface area contributed by atoms with Crippen molar-refractivity contribution < 1.29 is 4.79 Å². The van der Waals surface area contributed by atoms with Gasteiger partial charge >= 0.3 is 0 Å². The Morgan fingerprint density at radius 3 is 2.89 bits per heavy atom. The number of imidazole rings is 1. The molecule has 2 aliphatic rings. The van der Waals surface area contributed by atoms with Crippen LogP contribution in [0.15, 0.2) is 60.4 Å². The first-order valence-corrected chi connectivity index (χ1v) is 15.1. The van der Waals surface area contributed by atoms with Gasteiger partial charge in [-0.05, 0) is 24.6 Å². The van der Waals surface area contributed by atoms with E-state index < -0.39 is 0 Å². The minimum atomic E-state index is -0.205. The molecule has 2 saturated heterocycles. The summed E-state index contributed by atoms with van der Waals surface area (Å²) in [6.07, 6.45) is 5.73. The number of hydrogen-bond acceptors (Lipinski definition) is 8. The lowest BCUT2D eigenvalue weighted by atomic mass is 10.1. The molecule has 0 saturated carbocycles. The van der Waals surface area contributed by atoms with Crippen molar-refractivity contribution in [2.45, 2.75) is 30.1 Å². The number of benzene rings is 1. The Hall–Kier alpha value is -2.37. The van der Waals surface area contributed by atoms with Crippen LogP contribution in [0.25, 0.3) is 16.2 Å². The van der Waals surface area contributed by atoms with Gasteiger partial charge in [0.2, 0.25) is 5.91 Å². The number of anilines is 1. The van der Waals surface area contributed by atoms with Crippen LogP contribution in [0.4, 0.5) is 5.69 Å². The predicted molar refractivity (Wildman–Crippen MR) is 151 cm³/mol. The smallest absolute Gasteiger partial charge is 0.239 e. The zero-order chi connectivity index (χ0) is 24.5. The van der Waals surface area contributed by atoms with Crippen LogP contribution in [-0.4, -0.2) is 61.1 Å². The fourth-order valence-electron chi connectivity index (χ4n) is 4.71. The summed E-state index contributed by atoms with van der Waals surface area (Å²) < 4.78 is 2.21. The molecule has 186 valence electrons. The van der Waals surface area contributed by atoms with Gasteiger partial charge in [-0.15, -0.1) is 23.1 Å². The van der Waals surface area contributed by atoms with Gasteiger partial charge in [-0.25, -0.2) is 4.98 Å². The summed E-state index contributed by atoms with van der Waals surface area (Å²) in [7, 11) is 0. The molecule has 4 aromatic rings. The Bertz CT molecular complexity index is 1350. The molecule has 36 heavy (non-hydrogen) atoms. The third kappa shape index (κ3) is 4.92. The molecule has 1 amide bonds. The Kier molecular flexibility index (Phi) is 7.03. The van der Waals surface area contributed by atoms with E-state index in [2.05, 4.69) is 43.4 Å². The summed E-state index contributed by atoms with van der Waals surface area (Å²) >= 11 is 5.34. The molecule has 2 aliphatic heterocycles. The van der Waals surface area contributed by atoms with Gasteiger partial charge in [0.1, 0.15) is 5.25 Å². The highest BCUT2D eigenvalue weighted by atomic mass is 32.2. The fraction of sp³-hybridized carbons (Fsp3) is 0.346. The van der Waals surface area contributed by atoms with Crippen molar-refractivity contribution >= 4 is 51.4 Å². The minimum absolute atomic E-state index is 0.00326. The number of fused-ring (bicyclic) bond motifs is 1. The van der Waals surface area contributed by atoms with Crippen LogP contribution in [0.3, 0.4) is 0 Å². The number of carbonyl (C=O) groups is 1. The van der Waals surface area contributed by atoms with Gasteiger partial charge in [0.15, 0.2) is 4.96 Å². The molecule has 3 unspecified atom stereocenters. The van der Waals surface area contributed by atoms with Crippen molar-refractivity contribution in [1.29, 1.82) is 0 Å². The molecule has 1 aromatic carbocycles. The lowest BCUT2D eigenvalue weighted by Crippen LogP contribution is -2.36. The molecule has 0 bridgehead atoms. The summed E-state index contributed by atoms with van der Waals surface area (Å²) in [6.45, 7) is 5.27. The Balaban J connectivity index is 1.20. The summed E-state index contributed by atoms with van der Waals surface area (Å²) in [6, 6.07) is 12.0. The number of thiazole rings is 1. The molecule has 0 aliphatic carbocycles. The van der Waals surface area contributed by atoms with Gasteiger partial charge in [-0.1, -0.05) is 24.3 Å². The first kappa shape index (κ1) is 24.0. The molecular weight excluding hydrogens is 509 g/mol. The summed E-state index contributed by atoms with van der Waals surface area (Å²) in [4.78, 5) is 26.0. The first-order chi connectivity index (χ1) is 17.7. The highest BCUT2D eigenvalue weighted by molar-refractivity contribution is 8.01. The predicted octanol–water partition coefficient (Wildman–Crippen LogP) is 4.74. The average molecular weight is 537 g/mol. The quantitative estimate of drug-likeness (QED) is 0.369. The summed E-state index contributed by atoms with van der Waals surface area (Å²) in [5.41, 5.74) is 4.97. The SMILES string of the molecule is CC1NC(c2cccnc2)SC1C(=O)Nc1ccccc1-c1cn2c(CN3CCSCC3)csc2n1. The van der Waals surface area contributed by atoms with E-state index in [9.17, 15) is 4.79 Å². The van der Waals surface area contributed by atoms with Crippen LogP contribution in [-0.2, 0) is 11.3 Å². The van der Waals surface area contributed by atoms with Crippen LogP contribution in [0, 0.1) is 0 Å². The topological polar surface area (TPSA) is 74.6 Å². The minimum Gasteiger partial charge on any atom is -0.324 e. The lowest BCUT2D eigenvalue weighted by Gasteiger charge is -2.25. The molecular formula is C26H28N6OS3. The molecule has 7 nitrogen and oxygen atoms in total. The second kappa shape index (κ2) is 10.5. The van der Waals surface area contributed by atoms with Crippen molar-refractivity contribution in [2.75, 3.05) is 29.9 Å². The maximum Gasteiger partial charge on any atom is 0.239 e. The number of nitrogens with zero attached hydrogens (tertiary/aromatic N) is 4. The van der Waals surface area contributed by atoms with Crippen LogP contribution in [0.1, 0.15) is 23.6 Å².